The van der Waals surface area contributed by atoms with Gasteiger partial charge in [0.2, 0.25) is 0 Å². The van der Waals surface area contributed by atoms with Crippen LogP contribution in [0, 0.1) is 0 Å². The van der Waals surface area contributed by atoms with Crippen molar-refractivity contribution in [2.75, 3.05) is 47.5 Å². The first-order chi connectivity index (χ1) is 30.0. The summed E-state index contributed by atoms with van der Waals surface area (Å²) in [4.78, 5) is 37.5. The van der Waals surface area contributed by atoms with Crippen molar-refractivity contribution < 1.29 is 42.1 Å². The zero-order valence-electron chi connectivity index (χ0n) is 39.0. The van der Waals surface area contributed by atoms with Crippen molar-refractivity contribution in [3.05, 3.63) is 134 Å². The third-order valence-corrected chi connectivity index (χ3v) is 9.66. The van der Waals surface area contributed by atoms with Crippen LogP contribution in [-0.2, 0) is 32.7 Å². The van der Waals surface area contributed by atoms with Gasteiger partial charge in [-0.15, -0.1) is 0 Å². The standard InChI is InChI=1S/C52H82NO8P/c1-6-8-10-12-14-16-18-20-22-23-24-25-26-27-28-29-31-33-35-37-39-41-43-45-52(55)61-50(49-60-62(56,57)59-47-46-53(3,4)5)48-58-51(54)44-42-40-38-36-34-32-30-21-19-17-15-13-11-9-7-2/h8-11,14-17,20-22,24-25,27-28,30-31,33-34,36,40,42,50H,6-7,12-13,18-19,23,26,29,32,35,37-39,41,43-49H2,1-5H3/b10-8-,11-9-,16-14-,17-15-,22-20-,25-24-,28-27-,30-21-,33-31-,36-34-,42-40-. The average molecular weight is 880 g/mol. The van der Waals surface area contributed by atoms with E-state index in [1.54, 1.807) is 6.08 Å². The van der Waals surface area contributed by atoms with Crippen molar-refractivity contribution in [2.24, 2.45) is 0 Å². The molecule has 0 aromatic carbocycles. The highest BCUT2D eigenvalue weighted by Crippen LogP contribution is 2.38. The Morgan fingerprint density at radius 2 is 0.919 bits per heavy atom. The van der Waals surface area contributed by atoms with Gasteiger partial charge in [0.15, 0.2) is 6.10 Å². The summed E-state index contributed by atoms with van der Waals surface area (Å²) in [6.07, 6.45) is 60.8. The Kier molecular flexibility index (Phi) is 39.8. The summed E-state index contributed by atoms with van der Waals surface area (Å²) < 4.78 is 33.8. The van der Waals surface area contributed by atoms with Gasteiger partial charge in [-0.05, 0) is 89.9 Å². The van der Waals surface area contributed by atoms with Crippen LogP contribution in [0.1, 0.15) is 129 Å². The van der Waals surface area contributed by atoms with E-state index in [1.807, 2.05) is 33.3 Å². The van der Waals surface area contributed by atoms with Gasteiger partial charge in [0.25, 0.3) is 7.82 Å². The molecule has 2 atom stereocenters. The zero-order chi connectivity index (χ0) is 45.7. The number of carbonyl (C=O) groups is 2. The molecule has 0 aliphatic heterocycles. The molecule has 0 aliphatic rings. The van der Waals surface area contributed by atoms with Gasteiger partial charge >= 0.3 is 11.9 Å². The van der Waals surface area contributed by atoms with Gasteiger partial charge in [0.1, 0.15) is 19.8 Å². The Balaban J connectivity index is 4.52. The van der Waals surface area contributed by atoms with E-state index < -0.39 is 32.5 Å². The van der Waals surface area contributed by atoms with Gasteiger partial charge in [0.05, 0.1) is 34.2 Å². The van der Waals surface area contributed by atoms with Gasteiger partial charge in [-0.3, -0.25) is 14.2 Å². The number of esters is 2. The molecule has 10 heteroatoms. The number of phosphoric acid groups is 1. The van der Waals surface area contributed by atoms with Gasteiger partial charge in [-0.1, -0.05) is 160 Å². The van der Waals surface area contributed by atoms with E-state index in [0.717, 1.165) is 89.9 Å². The van der Waals surface area contributed by atoms with Crippen molar-refractivity contribution in [3.8, 4) is 0 Å². The van der Waals surface area contributed by atoms with E-state index in [9.17, 15) is 19.0 Å². The van der Waals surface area contributed by atoms with E-state index in [4.69, 9.17) is 18.5 Å². The van der Waals surface area contributed by atoms with Crippen LogP contribution in [0.15, 0.2) is 134 Å². The summed E-state index contributed by atoms with van der Waals surface area (Å²) in [5, 5.41) is 0. The lowest BCUT2D eigenvalue weighted by Gasteiger charge is -2.28. The largest absolute Gasteiger partial charge is 0.756 e. The van der Waals surface area contributed by atoms with E-state index >= 15 is 0 Å². The number of quaternary nitrogens is 1. The average Bonchev–Trinajstić information content (AvgIpc) is 3.23. The van der Waals surface area contributed by atoms with Gasteiger partial charge in [0, 0.05) is 6.42 Å². The Morgan fingerprint density at radius 1 is 0.516 bits per heavy atom. The molecule has 2 unspecified atom stereocenters. The molecule has 9 nitrogen and oxygen atoms in total. The lowest BCUT2D eigenvalue weighted by molar-refractivity contribution is -0.870. The zero-order valence-corrected chi connectivity index (χ0v) is 39.9. The quantitative estimate of drug-likeness (QED) is 0.0197. The van der Waals surface area contributed by atoms with E-state index in [-0.39, 0.29) is 26.1 Å². The maximum atomic E-state index is 12.7. The maximum absolute atomic E-state index is 12.7. The van der Waals surface area contributed by atoms with Crippen molar-refractivity contribution >= 4 is 19.8 Å². The van der Waals surface area contributed by atoms with Gasteiger partial charge in [-0.2, -0.15) is 0 Å². The van der Waals surface area contributed by atoms with Crippen molar-refractivity contribution in [3.63, 3.8) is 0 Å². The molecule has 0 bridgehead atoms. The van der Waals surface area contributed by atoms with E-state index in [2.05, 4.69) is 129 Å². The van der Waals surface area contributed by atoms with Crippen molar-refractivity contribution in [1.29, 1.82) is 0 Å². The highest BCUT2D eigenvalue weighted by molar-refractivity contribution is 7.45. The lowest BCUT2D eigenvalue weighted by atomic mass is 10.1. The smallest absolute Gasteiger partial charge is 0.309 e. The molecular weight excluding hydrogens is 798 g/mol. The van der Waals surface area contributed by atoms with E-state index in [0.29, 0.717) is 23.9 Å². The first-order valence-corrected chi connectivity index (χ1v) is 24.4. The highest BCUT2D eigenvalue weighted by Gasteiger charge is 2.21. The molecule has 0 rings (SSSR count). The number of rotatable bonds is 39. The third-order valence-electron chi connectivity index (χ3n) is 8.70. The molecule has 0 radical (unpaired) electrons. The van der Waals surface area contributed by atoms with Crippen LogP contribution >= 0.6 is 7.82 Å². The molecule has 0 aliphatic carbocycles. The number of likely N-dealkylation sites (N-methyl/N-ethyl adjacent to an activating group) is 1. The first kappa shape index (κ1) is 58.1. The summed E-state index contributed by atoms with van der Waals surface area (Å²) in [7, 11) is 1.07. The second kappa shape index (κ2) is 42.5. The fourth-order valence-electron chi connectivity index (χ4n) is 5.20. The predicted octanol–water partition coefficient (Wildman–Crippen LogP) is 12.8. The predicted molar refractivity (Wildman–Crippen MR) is 258 cm³/mol. The normalized spacial score (nSPS) is 14.7. The maximum Gasteiger partial charge on any atom is 0.309 e. The molecule has 0 saturated heterocycles. The second-order valence-corrected chi connectivity index (χ2v) is 17.1. The number of allylic oxidation sites excluding steroid dienone is 21. The first-order valence-electron chi connectivity index (χ1n) is 22.9. The lowest BCUT2D eigenvalue weighted by Crippen LogP contribution is -2.37. The Hall–Kier alpha value is -3.85. The Bertz CT molecular complexity index is 1510. The highest BCUT2D eigenvalue weighted by atomic mass is 31.2. The molecule has 0 saturated carbocycles. The molecular formula is C52H82NO8P. The second-order valence-electron chi connectivity index (χ2n) is 15.7. The van der Waals surface area contributed by atoms with Crippen LogP contribution in [0.3, 0.4) is 0 Å². The molecule has 0 spiro atoms. The Morgan fingerprint density at radius 3 is 1.35 bits per heavy atom. The van der Waals surface area contributed by atoms with Gasteiger partial charge < -0.3 is 27.9 Å². The minimum atomic E-state index is -4.67. The number of hydrogen-bond donors (Lipinski definition) is 0. The van der Waals surface area contributed by atoms with Crippen LogP contribution in [0.5, 0.6) is 0 Å². The number of carbonyl (C=O) groups excluding carboxylic acids is 2. The van der Waals surface area contributed by atoms with Crippen LogP contribution in [0.25, 0.3) is 0 Å². The fraction of sp³-hybridized carbons (Fsp3) is 0.538. The molecule has 0 aromatic heterocycles. The van der Waals surface area contributed by atoms with Crippen molar-refractivity contribution in [1.82, 2.24) is 0 Å². The number of phosphoric ester groups is 1. The van der Waals surface area contributed by atoms with Crippen LogP contribution in [-0.4, -0.2) is 70.0 Å². The van der Waals surface area contributed by atoms with Crippen LogP contribution in [0.2, 0.25) is 0 Å². The molecule has 0 aromatic rings. The Labute approximate surface area is 377 Å². The van der Waals surface area contributed by atoms with Crippen LogP contribution in [0.4, 0.5) is 0 Å². The summed E-state index contributed by atoms with van der Waals surface area (Å²) in [5.41, 5.74) is 0. The molecule has 0 fully saturated rings. The molecule has 0 N–H and O–H groups in total. The molecule has 0 heterocycles. The minimum Gasteiger partial charge on any atom is -0.756 e. The van der Waals surface area contributed by atoms with Gasteiger partial charge in [-0.25, -0.2) is 0 Å². The molecule has 348 valence electrons. The molecule has 62 heavy (non-hydrogen) atoms. The monoisotopic (exact) mass is 880 g/mol. The molecule has 0 amide bonds. The topological polar surface area (TPSA) is 111 Å². The minimum absolute atomic E-state index is 0.0296. The number of unbranched alkanes of at least 4 members (excludes halogenated alkanes) is 4. The summed E-state index contributed by atoms with van der Waals surface area (Å²) in [6, 6.07) is 0. The summed E-state index contributed by atoms with van der Waals surface area (Å²) in [6.45, 7) is 3.81. The summed E-state index contributed by atoms with van der Waals surface area (Å²) >= 11 is 0. The fourth-order valence-corrected chi connectivity index (χ4v) is 5.93. The number of nitrogens with zero attached hydrogens (tertiary/aromatic N) is 1. The van der Waals surface area contributed by atoms with E-state index in [1.165, 1.54) is 0 Å². The third kappa shape index (κ3) is 45.7. The SMILES string of the molecule is CC/C=C\C/C=C\C/C=C\C/C=C\C/C=C\C/C=C\CCCCCCC(=O)OC(COC(=O)C/C=C\C/C=C\C/C=C\C/C=C\C/C=C\CC)COP(=O)([O-])OCC[N+](C)(C)C. The number of ether oxygens (including phenoxy) is 2. The van der Waals surface area contributed by atoms with Crippen LogP contribution < -0.4 is 4.89 Å². The number of hydrogen-bond acceptors (Lipinski definition) is 8. The van der Waals surface area contributed by atoms with Crippen molar-refractivity contribution in [2.45, 2.75) is 136 Å². The summed E-state index contributed by atoms with van der Waals surface area (Å²) in [5.74, 6) is -1.03.